The number of benzene rings is 1. The van der Waals surface area contributed by atoms with Gasteiger partial charge in [-0.2, -0.15) is 13.2 Å². The Balaban J connectivity index is 2.52. The number of rotatable bonds is 6. The predicted molar refractivity (Wildman–Crippen MR) is 86.9 cm³/mol. The van der Waals surface area contributed by atoms with Gasteiger partial charge in [-0.1, -0.05) is 0 Å². The first-order valence-corrected chi connectivity index (χ1v) is 7.87. The molecule has 0 bridgehead atoms. The maximum absolute atomic E-state index is 13.6. The van der Waals surface area contributed by atoms with Crippen molar-refractivity contribution in [3.05, 3.63) is 23.3 Å². The normalized spacial score (nSPS) is 17.8. The minimum Gasteiger partial charge on any atom is -0.496 e. The van der Waals surface area contributed by atoms with Gasteiger partial charge in [0.15, 0.2) is 5.60 Å². The molecule has 134 valence electrons. The lowest BCUT2D eigenvalue weighted by atomic mass is 9.86. The molecule has 7 heteroatoms. The molecule has 2 rings (SSSR count). The molecule has 0 saturated heterocycles. The Morgan fingerprint density at radius 2 is 2.00 bits per heavy atom. The zero-order chi connectivity index (χ0) is 18.1. The summed E-state index contributed by atoms with van der Waals surface area (Å²) in [5.74, 6) is -0.829. The van der Waals surface area contributed by atoms with E-state index in [1.54, 1.807) is 13.3 Å². The zero-order valence-corrected chi connectivity index (χ0v) is 14.3. The predicted octanol–water partition coefficient (Wildman–Crippen LogP) is 3.78. The van der Waals surface area contributed by atoms with E-state index in [0.29, 0.717) is 24.1 Å². The molecule has 1 aliphatic rings. The quantitative estimate of drug-likeness (QED) is 0.631. The van der Waals surface area contributed by atoms with Gasteiger partial charge < -0.3 is 14.7 Å². The molecular formula is C17H23F3N2O2. The number of aliphatic imine (C=N–C) groups is 1. The van der Waals surface area contributed by atoms with Gasteiger partial charge in [0, 0.05) is 31.1 Å². The Labute approximate surface area is 139 Å². The number of aliphatic hydroxyl groups is 1. The fourth-order valence-corrected chi connectivity index (χ4v) is 2.63. The number of ether oxygens (including phenoxy) is 1. The second kappa shape index (κ2) is 6.63. The number of hydrogen-bond donors (Lipinski definition) is 1. The molecule has 24 heavy (non-hydrogen) atoms. The highest BCUT2D eigenvalue weighted by Gasteiger charge is 2.63. The SMILES string of the molecule is CCN(C)/C=N/c1cc(OC)c(C(O)(C2CC2)C(F)(F)F)cc1C. The van der Waals surface area contributed by atoms with E-state index in [1.807, 2.05) is 18.9 Å². The van der Waals surface area contributed by atoms with Crippen LogP contribution in [0.3, 0.4) is 0 Å². The van der Waals surface area contributed by atoms with Crippen molar-refractivity contribution in [3.63, 3.8) is 0 Å². The summed E-state index contributed by atoms with van der Waals surface area (Å²) in [5.41, 5.74) is -2.06. The van der Waals surface area contributed by atoms with Gasteiger partial charge in [-0.05, 0) is 38.3 Å². The molecule has 1 aliphatic carbocycles. The third-order valence-electron chi connectivity index (χ3n) is 4.42. The average Bonchev–Trinajstić information content (AvgIpc) is 3.36. The number of methoxy groups -OCH3 is 1. The molecule has 4 nitrogen and oxygen atoms in total. The fourth-order valence-electron chi connectivity index (χ4n) is 2.63. The maximum atomic E-state index is 13.6. The molecule has 1 aromatic rings. The van der Waals surface area contributed by atoms with Crippen molar-refractivity contribution in [2.45, 2.75) is 38.5 Å². The van der Waals surface area contributed by atoms with Crippen LogP contribution in [0.15, 0.2) is 17.1 Å². The Bertz CT molecular complexity index is 627. The summed E-state index contributed by atoms with van der Waals surface area (Å²) in [4.78, 5) is 6.13. The molecular weight excluding hydrogens is 321 g/mol. The summed E-state index contributed by atoms with van der Waals surface area (Å²) in [6.45, 7) is 4.39. The van der Waals surface area contributed by atoms with E-state index < -0.39 is 17.7 Å². The molecule has 1 fully saturated rings. The van der Waals surface area contributed by atoms with Crippen molar-refractivity contribution in [1.29, 1.82) is 0 Å². The van der Waals surface area contributed by atoms with Gasteiger partial charge in [0.25, 0.3) is 0 Å². The van der Waals surface area contributed by atoms with Crippen LogP contribution >= 0.6 is 0 Å². The van der Waals surface area contributed by atoms with Gasteiger partial charge in [0.05, 0.1) is 19.1 Å². The molecule has 1 aromatic carbocycles. The van der Waals surface area contributed by atoms with E-state index in [-0.39, 0.29) is 11.3 Å². The van der Waals surface area contributed by atoms with Crippen LogP contribution in [-0.2, 0) is 5.60 Å². The van der Waals surface area contributed by atoms with Crippen molar-refractivity contribution in [3.8, 4) is 5.75 Å². The van der Waals surface area contributed by atoms with Crippen LogP contribution in [0, 0.1) is 12.8 Å². The van der Waals surface area contributed by atoms with Crippen LogP contribution < -0.4 is 4.74 Å². The first-order valence-electron chi connectivity index (χ1n) is 7.87. The monoisotopic (exact) mass is 344 g/mol. The van der Waals surface area contributed by atoms with Crippen molar-refractivity contribution in [1.82, 2.24) is 4.90 Å². The van der Waals surface area contributed by atoms with E-state index >= 15 is 0 Å². The van der Waals surface area contributed by atoms with Crippen LogP contribution in [-0.4, -0.2) is 43.2 Å². The van der Waals surface area contributed by atoms with Gasteiger partial charge in [0.2, 0.25) is 0 Å². The molecule has 1 saturated carbocycles. The van der Waals surface area contributed by atoms with Crippen LogP contribution in [0.5, 0.6) is 5.75 Å². The largest absolute Gasteiger partial charge is 0.496 e. The van der Waals surface area contributed by atoms with Gasteiger partial charge >= 0.3 is 6.18 Å². The minimum atomic E-state index is -4.76. The van der Waals surface area contributed by atoms with Crippen molar-refractivity contribution < 1.29 is 23.0 Å². The van der Waals surface area contributed by atoms with Crippen molar-refractivity contribution >= 4 is 12.0 Å². The van der Waals surface area contributed by atoms with E-state index in [4.69, 9.17) is 4.74 Å². The molecule has 0 aliphatic heterocycles. The Hall–Kier alpha value is -1.76. The van der Waals surface area contributed by atoms with E-state index in [2.05, 4.69) is 4.99 Å². The lowest BCUT2D eigenvalue weighted by Crippen LogP contribution is -2.44. The van der Waals surface area contributed by atoms with Crippen LogP contribution in [0.4, 0.5) is 18.9 Å². The first-order chi connectivity index (χ1) is 11.1. The van der Waals surface area contributed by atoms with Crippen LogP contribution in [0.2, 0.25) is 0 Å². The summed E-state index contributed by atoms with van der Waals surface area (Å²) >= 11 is 0. The van der Waals surface area contributed by atoms with Gasteiger partial charge in [-0.3, -0.25) is 0 Å². The summed E-state index contributed by atoms with van der Waals surface area (Å²) < 4.78 is 45.9. The third-order valence-corrected chi connectivity index (χ3v) is 4.42. The molecule has 0 amide bonds. The smallest absolute Gasteiger partial charge is 0.421 e. The zero-order valence-electron chi connectivity index (χ0n) is 14.3. The van der Waals surface area contributed by atoms with Crippen molar-refractivity contribution in [2.24, 2.45) is 10.9 Å². The van der Waals surface area contributed by atoms with Crippen molar-refractivity contribution in [2.75, 3.05) is 20.7 Å². The Morgan fingerprint density at radius 1 is 1.38 bits per heavy atom. The van der Waals surface area contributed by atoms with Gasteiger partial charge in [-0.25, -0.2) is 4.99 Å². The lowest BCUT2D eigenvalue weighted by molar-refractivity contribution is -0.275. The topological polar surface area (TPSA) is 45.1 Å². The Morgan fingerprint density at radius 3 is 2.46 bits per heavy atom. The van der Waals surface area contributed by atoms with E-state index in [0.717, 1.165) is 6.54 Å². The second-order valence-corrected chi connectivity index (χ2v) is 6.20. The molecule has 0 spiro atoms. The average molecular weight is 344 g/mol. The second-order valence-electron chi connectivity index (χ2n) is 6.20. The molecule has 1 N–H and O–H groups in total. The Kier molecular flexibility index (Phi) is 5.13. The van der Waals surface area contributed by atoms with Gasteiger partial charge in [0.1, 0.15) is 5.75 Å². The molecule has 0 radical (unpaired) electrons. The third kappa shape index (κ3) is 3.36. The van der Waals surface area contributed by atoms with E-state index in [1.165, 1.54) is 19.2 Å². The summed E-state index contributed by atoms with van der Waals surface area (Å²) in [7, 11) is 3.14. The highest BCUT2D eigenvalue weighted by atomic mass is 19.4. The lowest BCUT2D eigenvalue weighted by Gasteiger charge is -2.32. The highest BCUT2D eigenvalue weighted by Crippen LogP contribution is 2.56. The minimum absolute atomic E-state index is 0.00127. The molecule has 1 atom stereocenters. The maximum Gasteiger partial charge on any atom is 0.421 e. The number of nitrogens with zero attached hydrogens (tertiary/aromatic N) is 2. The van der Waals surface area contributed by atoms with Crippen LogP contribution in [0.1, 0.15) is 30.9 Å². The van der Waals surface area contributed by atoms with Crippen LogP contribution in [0.25, 0.3) is 0 Å². The number of alkyl halides is 3. The number of aryl methyl sites for hydroxylation is 1. The summed E-state index contributed by atoms with van der Waals surface area (Å²) in [6.07, 6.45) is -2.46. The standard InChI is InChI=1S/C17H23F3N2O2/c1-5-22(3)10-21-14-9-15(24-4)13(8-11(14)2)16(23,12-6-7-12)17(18,19)20/h8-10,12,23H,5-7H2,1-4H3/b21-10+. The molecule has 1 unspecified atom stereocenters. The van der Waals surface area contributed by atoms with Gasteiger partial charge in [-0.15, -0.1) is 0 Å². The molecule has 0 heterocycles. The molecule has 0 aromatic heterocycles. The highest BCUT2D eigenvalue weighted by molar-refractivity contribution is 5.65. The summed E-state index contributed by atoms with van der Waals surface area (Å²) in [6, 6.07) is 2.78. The number of hydrogen-bond acceptors (Lipinski definition) is 3. The van der Waals surface area contributed by atoms with E-state index in [9.17, 15) is 18.3 Å². The number of halogens is 3. The summed E-state index contributed by atoms with van der Waals surface area (Å²) in [5, 5.41) is 10.5. The fraction of sp³-hybridized carbons (Fsp3) is 0.588. The first kappa shape index (κ1) is 18.6.